The van der Waals surface area contributed by atoms with E-state index in [0.29, 0.717) is 41.4 Å². The first-order valence-electron chi connectivity index (χ1n) is 9.65. The molecule has 1 atom stereocenters. The van der Waals surface area contributed by atoms with Crippen LogP contribution in [0.5, 0.6) is 0 Å². The number of carboxylic acid groups (broad SMARTS) is 1. The van der Waals surface area contributed by atoms with Gasteiger partial charge in [0, 0.05) is 54.1 Å². The Labute approximate surface area is 178 Å². The maximum absolute atomic E-state index is 13.0. The van der Waals surface area contributed by atoms with E-state index in [1.54, 1.807) is 42.3 Å². The molecule has 0 unspecified atom stereocenters. The maximum Gasteiger partial charge on any atom is 0.407 e. The van der Waals surface area contributed by atoms with Crippen LogP contribution in [0.1, 0.15) is 23.0 Å². The van der Waals surface area contributed by atoms with E-state index in [1.165, 1.54) is 4.90 Å². The second-order valence-electron chi connectivity index (χ2n) is 7.49. The maximum atomic E-state index is 13.0. The molecule has 154 valence electrons. The van der Waals surface area contributed by atoms with Crippen LogP contribution in [0.15, 0.2) is 42.6 Å². The standard InChI is InChI=1S/C22H21ClN4O3/c1-13-3-4-16(11-24-13)19-10-18(23)17-6-5-15(9-20(17)25-19)21(28)26-7-8-27(22(29)30)14(2)12-26/h3-6,9-11,14H,7-8,12H2,1-2H3,(H,29,30)/t14-/m1/s1. The molecule has 0 saturated carbocycles. The minimum atomic E-state index is -0.961. The van der Waals surface area contributed by atoms with Crippen molar-refractivity contribution in [3.05, 3.63) is 58.9 Å². The average Bonchev–Trinajstić information content (AvgIpc) is 2.73. The van der Waals surface area contributed by atoms with Crippen LogP contribution in [-0.4, -0.2) is 62.6 Å². The van der Waals surface area contributed by atoms with E-state index in [4.69, 9.17) is 16.6 Å². The number of carbonyl (C=O) groups is 2. The first-order valence-corrected chi connectivity index (χ1v) is 10.0. The number of pyridine rings is 2. The first-order chi connectivity index (χ1) is 14.3. The van der Waals surface area contributed by atoms with E-state index in [2.05, 4.69) is 4.98 Å². The van der Waals surface area contributed by atoms with Crippen LogP contribution < -0.4 is 0 Å². The second-order valence-corrected chi connectivity index (χ2v) is 7.89. The van der Waals surface area contributed by atoms with Gasteiger partial charge in [-0.2, -0.15) is 0 Å². The van der Waals surface area contributed by atoms with Crippen molar-refractivity contribution in [2.75, 3.05) is 19.6 Å². The van der Waals surface area contributed by atoms with Crippen LogP contribution in [0.4, 0.5) is 4.79 Å². The van der Waals surface area contributed by atoms with Gasteiger partial charge in [-0.25, -0.2) is 9.78 Å². The third kappa shape index (κ3) is 3.80. The highest BCUT2D eigenvalue weighted by Crippen LogP contribution is 2.29. The lowest BCUT2D eigenvalue weighted by Crippen LogP contribution is -2.55. The zero-order valence-corrected chi connectivity index (χ0v) is 17.4. The Bertz CT molecular complexity index is 1130. The van der Waals surface area contributed by atoms with Crippen molar-refractivity contribution < 1.29 is 14.7 Å². The van der Waals surface area contributed by atoms with Gasteiger partial charge in [0.1, 0.15) is 0 Å². The van der Waals surface area contributed by atoms with Gasteiger partial charge in [0.2, 0.25) is 0 Å². The number of hydrogen-bond donors (Lipinski definition) is 1. The van der Waals surface area contributed by atoms with Gasteiger partial charge in [0.05, 0.1) is 16.2 Å². The minimum Gasteiger partial charge on any atom is -0.465 e. The van der Waals surface area contributed by atoms with Crippen molar-refractivity contribution in [3.8, 4) is 11.3 Å². The highest BCUT2D eigenvalue weighted by Gasteiger charge is 2.30. The smallest absolute Gasteiger partial charge is 0.407 e. The van der Waals surface area contributed by atoms with Crippen LogP contribution in [-0.2, 0) is 0 Å². The Morgan fingerprint density at radius 1 is 1.17 bits per heavy atom. The predicted octanol–water partition coefficient (Wildman–Crippen LogP) is 4.08. The summed E-state index contributed by atoms with van der Waals surface area (Å²) in [6, 6.07) is 10.7. The van der Waals surface area contributed by atoms with E-state index in [9.17, 15) is 14.7 Å². The summed E-state index contributed by atoms with van der Waals surface area (Å²) in [5.74, 6) is -0.144. The van der Waals surface area contributed by atoms with Crippen molar-refractivity contribution in [2.45, 2.75) is 19.9 Å². The molecule has 1 aliphatic heterocycles. The van der Waals surface area contributed by atoms with E-state index >= 15 is 0 Å². The fourth-order valence-corrected chi connectivity index (χ4v) is 3.96. The third-order valence-electron chi connectivity index (χ3n) is 5.37. The zero-order chi connectivity index (χ0) is 21.4. The molecule has 1 aromatic carbocycles. The van der Waals surface area contributed by atoms with Crippen molar-refractivity contribution in [3.63, 3.8) is 0 Å². The quantitative estimate of drug-likeness (QED) is 0.669. The number of aryl methyl sites for hydroxylation is 1. The van der Waals surface area contributed by atoms with Gasteiger partial charge in [0.15, 0.2) is 0 Å². The molecule has 0 spiro atoms. The number of carbonyl (C=O) groups excluding carboxylic acids is 1. The molecule has 1 fully saturated rings. The normalized spacial score (nSPS) is 16.7. The van der Waals surface area contributed by atoms with Crippen LogP contribution in [0.2, 0.25) is 5.02 Å². The molecule has 3 aromatic rings. The van der Waals surface area contributed by atoms with Gasteiger partial charge in [-0.3, -0.25) is 9.78 Å². The molecule has 1 N–H and O–H groups in total. The number of aromatic nitrogens is 2. The summed E-state index contributed by atoms with van der Waals surface area (Å²) in [6.07, 6.45) is 0.787. The first kappa shape index (κ1) is 20.1. The Kier molecular flexibility index (Phi) is 5.30. The summed E-state index contributed by atoms with van der Waals surface area (Å²) < 4.78 is 0. The molecule has 0 aliphatic carbocycles. The summed E-state index contributed by atoms with van der Waals surface area (Å²) in [6.45, 7) is 4.73. The molecule has 0 radical (unpaired) electrons. The lowest BCUT2D eigenvalue weighted by molar-refractivity contribution is 0.0507. The molecule has 3 heterocycles. The van der Waals surface area contributed by atoms with Gasteiger partial charge in [-0.05, 0) is 44.2 Å². The van der Waals surface area contributed by atoms with E-state index in [0.717, 1.165) is 16.6 Å². The molecular formula is C22H21ClN4O3. The van der Waals surface area contributed by atoms with Crippen molar-refractivity contribution >= 4 is 34.5 Å². The number of hydrogen-bond acceptors (Lipinski definition) is 4. The highest BCUT2D eigenvalue weighted by atomic mass is 35.5. The van der Waals surface area contributed by atoms with Crippen LogP contribution in [0.3, 0.4) is 0 Å². The number of halogens is 1. The summed E-state index contributed by atoms with van der Waals surface area (Å²) in [4.78, 5) is 36.3. The monoisotopic (exact) mass is 424 g/mol. The Morgan fingerprint density at radius 2 is 1.97 bits per heavy atom. The van der Waals surface area contributed by atoms with Crippen LogP contribution >= 0.6 is 11.6 Å². The Hall–Kier alpha value is -3.19. The van der Waals surface area contributed by atoms with Gasteiger partial charge >= 0.3 is 6.09 Å². The predicted molar refractivity (Wildman–Crippen MR) is 115 cm³/mol. The van der Waals surface area contributed by atoms with Gasteiger partial charge < -0.3 is 14.9 Å². The summed E-state index contributed by atoms with van der Waals surface area (Å²) >= 11 is 6.47. The molecule has 4 rings (SSSR count). The lowest BCUT2D eigenvalue weighted by Gasteiger charge is -2.38. The Morgan fingerprint density at radius 3 is 2.63 bits per heavy atom. The topological polar surface area (TPSA) is 86.6 Å². The molecule has 30 heavy (non-hydrogen) atoms. The summed E-state index contributed by atoms with van der Waals surface area (Å²) in [5.41, 5.74) is 3.58. The van der Waals surface area contributed by atoms with E-state index in [1.807, 2.05) is 19.1 Å². The number of piperazine rings is 1. The third-order valence-corrected chi connectivity index (χ3v) is 5.69. The van der Waals surface area contributed by atoms with Crippen LogP contribution in [0.25, 0.3) is 22.2 Å². The fraction of sp³-hybridized carbons (Fsp3) is 0.273. The van der Waals surface area contributed by atoms with E-state index < -0.39 is 6.09 Å². The largest absolute Gasteiger partial charge is 0.465 e. The second kappa shape index (κ2) is 7.91. The van der Waals surface area contributed by atoms with Crippen molar-refractivity contribution in [1.82, 2.24) is 19.8 Å². The minimum absolute atomic E-state index is 0.144. The average molecular weight is 425 g/mol. The highest BCUT2D eigenvalue weighted by molar-refractivity contribution is 6.35. The molecule has 1 aliphatic rings. The van der Waals surface area contributed by atoms with Gasteiger partial charge in [-0.15, -0.1) is 0 Å². The van der Waals surface area contributed by atoms with Crippen LogP contribution in [0, 0.1) is 6.92 Å². The molecule has 0 bridgehead atoms. The van der Waals surface area contributed by atoms with Crippen molar-refractivity contribution in [1.29, 1.82) is 0 Å². The molecule has 7 nitrogen and oxygen atoms in total. The Balaban J connectivity index is 1.64. The molecule has 2 amide bonds. The molecule has 2 aromatic heterocycles. The summed E-state index contributed by atoms with van der Waals surface area (Å²) in [5, 5.41) is 10.5. The molecule has 8 heteroatoms. The SMILES string of the molecule is Cc1ccc(-c2cc(Cl)c3ccc(C(=O)N4CCN(C(=O)O)[C@H](C)C4)cc3n2)cn1. The number of benzene rings is 1. The number of rotatable bonds is 2. The number of nitrogens with zero attached hydrogens (tertiary/aromatic N) is 4. The van der Waals surface area contributed by atoms with E-state index in [-0.39, 0.29) is 11.9 Å². The fourth-order valence-electron chi connectivity index (χ4n) is 3.70. The van der Waals surface area contributed by atoms with Crippen molar-refractivity contribution in [2.24, 2.45) is 0 Å². The molecule has 1 saturated heterocycles. The van der Waals surface area contributed by atoms with Gasteiger partial charge in [-0.1, -0.05) is 17.7 Å². The number of amides is 2. The molecular weight excluding hydrogens is 404 g/mol. The number of fused-ring (bicyclic) bond motifs is 1. The summed E-state index contributed by atoms with van der Waals surface area (Å²) in [7, 11) is 0. The van der Waals surface area contributed by atoms with Gasteiger partial charge in [0.25, 0.3) is 5.91 Å². The zero-order valence-electron chi connectivity index (χ0n) is 16.7. The lowest BCUT2D eigenvalue weighted by atomic mass is 10.1.